The fraction of sp³-hybridized carbons (Fsp3) is 0.571. The lowest BCUT2D eigenvalue weighted by atomic mass is 9.96. The van der Waals surface area contributed by atoms with Crippen molar-refractivity contribution < 1.29 is 4.74 Å². The van der Waals surface area contributed by atoms with Gasteiger partial charge in [-0.05, 0) is 36.8 Å². The Morgan fingerprint density at radius 2 is 2.06 bits per heavy atom. The SMILES string of the molecule is CNC(CCS)c1cc(C(C)C)ccc1OC. The first kappa shape index (κ1) is 14.4. The van der Waals surface area contributed by atoms with E-state index in [1.54, 1.807) is 7.11 Å². The molecule has 0 amide bonds. The van der Waals surface area contributed by atoms with Gasteiger partial charge in [0, 0.05) is 11.6 Å². The molecule has 1 aromatic carbocycles. The van der Waals surface area contributed by atoms with Gasteiger partial charge >= 0.3 is 0 Å². The van der Waals surface area contributed by atoms with Gasteiger partial charge in [-0.2, -0.15) is 12.6 Å². The molecular formula is C14H23NOS. The summed E-state index contributed by atoms with van der Waals surface area (Å²) in [4.78, 5) is 0. The Bertz CT molecular complexity index is 352. The normalized spacial score (nSPS) is 12.8. The summed E-state index contributed by atoms with van der Waals surface area (Å²) >= 11 is 4.31. The molecule has 96 valence electrons. The second kappa shape index (κ2) is 6.92. The molecule has 0 spiro atoms. The summed E-state index contributed by atoms with van der Waals surface area (Å²) in [7, 11) is 3.71. The Labute approximate surface area is 110 Å². The van der Waals surface area contributed by atoms with E-state index in [2.05, 4.69) is 50.0 Å². The predicted octanol–water partition coefficient (Wildman–Crippen LogP) is 3.40. The summed E-state index contributed by atoms with van der Waals surface area (Å²) in [5, 5.41) is 3.33. The number of rotatable bonds is 6. The maximum atomic E-state index is 5.44. The van der Waals surface area contributed by atoms with Crippen molar-refractivity contribution in [3.05, 3.63) is 29.3 Å². The number of benzene rings is 1. The van der Waals surface area contributed by atoms with E-state index >= 15 is 0 Å². The Morgan fingerprint density at radius 3 is 2.53 bits per heavy atom. The van der Waals surface area contributed by atoms with Gasteiger partial charge in [-0.3, -0.25) is 0 Å². The van der Waals surface area contributed by atoms with Crippen LogP contribution in [0.25, 0.3) is 0 Å². The van der Waals surface area contributed by atoms with Gasteiger partial charge in [0.15, 0.2) is 0 Å². The van der Waals surface area contributed by atoms with Gasteiger partial charge in [-0.15, -0.1) is 0 Å². The van der Waals surface area contributed by atoms with Crippen LogP contribution in [-0.4, -0.2) is 19.9 Å². The van der Waals surface area contributed by atoms with E-state index in [0.717, 1.165) is 17.9 Å². The zero-order chi connectivity index (χ0) is 12.8. The summed E-state index contributed by atoms with van der Waals surface area (Å²) in [5.41, 5.74) is 2.58. The third-order valence-electron chi connectivity index (χ3n) is 3.06. The molecule has 0 fully saturated rings. The molecule has 0 heterocycles. The van der Waals surface area contributed by atoms with E-state index in [-0.39, 0.29) is 0 Å². The van der Waals surface area contributed by atoms with E-state index < -0.39 is 0 Å². The maximum absolute atomic E-state index is 5.44. The van der Waals surface area contributed by atoms with Crippen LogP contribution in [0.2, 0.25) is 0 Å². The molecule has 0 aliphatic carbocycles. The molecule has 0 aliphatic rings. The molecule has 17 heavy (non-hydrogen) atoms. The second-order valence-electron chi connectivity index (χ2n) is 4.51. The van der Waals surface area contributed by atoms with Crippen LogP contribution in [0.5, 0.6) is 5.75 Å². The first-order valence-electron chi connectivity index (χ1n) is 6.10. The fourth-order valence-electron chi connectivity index (χ4n) is 1.97. The van der Waals surface area contributed by atoms with Gasteiger partial charge in [0.05, 0.1) is 7.11 Å². The first-order valence-corrected chi connectivity index (χ1v) is 6.73. The van der Waals surface area contributed by atoms with Crippen LogP contribution in [-0.2, 0) is 0 Å². The molecule has 0 saturated heterocycles. The molecule has 0 saturated carbocycles. The zero-order valence-electron chi connectivity index (χ0n) is 11.2. The van der Waals surface area contributed by atoms with Crippen molar-refractivity contribution >= 4 is 12.6 Å². The monoisotopic (exact) mass is 253 g/mol. The van der Waals surface area contributed by atoms with E-state index in [4.69, 9.17) is 4.74 Å². The summed E-state index contributed by atoms with van der Waals surface area (Å²) < 4.78 is 5.44. The highest BCUT2D eigenvalue weighted by Crippen LogP contribution is 2.30. The topological polar surface area (TPSA) is 21.3 Å². The molecular weight excluding hydrogens is 230 g/mol. The lowest BCUT2D eigenvalue weighted by Gasteiger charge is -2.20. The van der Waals surface area contributed by atoms with Crippen molar-refractivity contribution in [2.75, 3.05) is 19.9 Å². The molecule has 0 radical (unpaired) electrons. The Balaban J connectivity index is 3.11. The van der Waals surface area contributed by atoms with E-state index in [1.165, 1.54) is 11.1 Å². The Kier molecular flexibility index (Phi) is 5.86. The first-order chi connectivity index (χ1) is 8.13. The van der Waals surface area contributed by atoms with Crippen molar-refractivity contribution in [3.63, 3.8) is 0 Å². The van der Waals surface area contributed by atoms with Crippen molar-refractivity contribution in [2.24, 2.45) is 0 Å². The van der Waals surface area contributed by atoms with Crippen LogP contribution in [0.4, 0.5) is 0 Å². The van der Waals surface area contributed by atoms with Crippen LogP contribution < -0.4 is 10.1 Å². The van der Waals surface area contributed by atoms with Crippen LogP contribution in [0.1, 0.15) is 43.4 Å². The lowest BCUT2D eigenvalue weighted by Crippen LogP contribution is -2.18. The van der Waals surface area contributed by atoms with Crippen molar-refractivity contribution in [3.8, 4) is 5.75 Å². The largest absolute Gasteiger partial charge is 0.496 e. The molecule has 1 rings (SSSR count). The van der Waals surface area contributed by atoms with Gasteiger partial charge in [0.25, 0.3) is 0 Å². The van der Waals surface area contributed by atoms with Gasteiger partial charge < -0.3 is 10.1 Å². The molecule has 1 aromatic rings. The van der Waals surface area contributed by atoms with Crippen LogP contribution in [0.3, 0.4) is 0 Å². The highest BCUT2D eigenvalue weighted by atomic mass is 32.1. The summed E-state index contributed by atoms with van der Waals surface area (Å²) in [6.07, 6.45) is 0.998. The third-order valence-corrected chi connectivity index (χ3v) is 3.32. The highest BCUT2D eigenvalue weighted by molar-refractivity contribution is 7.80. The molecule has 3 heteroatoms. The van der Waals surface area contributed by atoms with Crippen LogP contribution in [0, 0.1) is 0 Å². The standard InChI is InChI=1S/C14H23NOS/c1-10(2)11-5-6-14(16-4)12(9-11)13(15-3)7-8-17/h5-6,9-10,13,15,17H,7-8H2,1-4H3. The van der Waals surface area contributed by atoms with Gasteiger partial charge in [-0.25, -0.2) is 0 Å². The quantitative estimate of drug-likeness (QED) is 0.758. The van der Waals surface area contributed by atoms with Crippen molar-refractivity contribution in [1.29, 1.82) is 0 Å². The van der Waals surface area contributed by atoms with E-state index in [0.29, 0.717) is 12.0 Å². The minimum Gasteiger partial charge on any atom is -0.496 e. The maximum Gasteiger partial charge on any atom is 0.123 e. The average Bonchev–Trinajstić information content (AvgIpc) is 2.35. The van der Waals surface area contributed by atoms with Crippen molar-refractivity contribution in [2.45, 2.75) is 32.2 Å². The summed E-state index contributed by atoms with van der Waals surface area (Å²) in [6.45, 7) is 4.41. The highest BCUT2D eigenvalue weighted by Gasteiger charge is 2.15. The van der Waals surface area contributed by atoms with Crippen LogP contribution >= 0.6 is 12.6 Å². The van der Waals surface area contributed by atoms with Gasteiger partial charge in [0.2, 0.25) is 0 Å². The predicted molar refractivity (Wildman–Crippen MR) is 77.4 cm³/mol. The number of ether oxygens (including phenoxy) is 1. The van der Waals surface area contributed by atoms with Crippen LogP contribution in [0.15, 0.2) is 18.2 Å². The molecule has 1 atom stereocenters. The second-order valence-corrected chi connectivity index (χ2v) is 4.96. The minimum absolute atomic E-state index is 0.307. The van der Waals surface area contributed by atoms with Crippen molar-refractivity contribution in [1.82, 2.24) is 5.32 Å². The Morgan fingerprint density at radius 1 is 1.35 bits per heavy atom. The van der Waals surface area contributed by atoms with E-state index in [1.807, 2.05) is 7.05 Å². The lowest BCUT2D eigenvalue weighted by molar-refractivity contribution is 0.400. The zero-order valence-corrected chi connectivity index (χ0v) is 12.1. The van der Waals surface area contributed by atoms with Gasteiger partial charge in [0.1, 0.15) is 5.75 Å². The molecule has 1 N–H and O–H groups in total. The third kappa shape index (κ3) is 3.65. The molecule has 0 aliphatic heterocycles. The Hall–Kier alpha value is -0.670. The molecule has 0 aromatic heterocycles. The smallest absolute Gasteiger partial charge is 0.123 e. The fourth-order valence-corrected chi connectivity index (χ4v) is 2.23. The summed E-state index contributed by atoms with van der Waals surface area (Å²) in [6, 6.07) is 6.75. The van der Waals surface area contributed by atoms with Gasteiger partial charge in [-0.1, -0.05) is 26.0 Å². The minimum atomic E-state index is 0.307. The number of thiol groups is 1. The number of nitrogens with one attached hydrogen (secondary N) is 1. The molecule has 1 unspecified atom stereocenters. The molecule has 2 nitrogen and oxygen atoms in total. The number of methoxy groups -OCH3 is 1. The number of hydrogen-bond acceptors (Lipinski definition) is 3. The number of hydrogen-bond donors (Lipinski definition) is 2. The molecule has 0 bridgehead atoms. The summed E-state index contributed by atoms with van der Waals surface area (Å²) in [5.74, 6) is 2.35. The van der Waals surface area contributed by atoms with E-state index in [9.17, 15) is 0 Å². The average molecular weight is 253 g/mol.